The Morgan fingerprint density at radius 1 is 0.913 bits per heavy atom. The van der Waals surface area contributed by atoms with E-state index in [2.05, 4.69) is 62.2 Å². The first-order valence-corrected chi connectivity index (χ1v) is 7.61. The molecule has 110 valence electrons. The smallest absolute Gasteiger partial charge is 0.160 e. The lowest BCUT2D eigenvalue weighted by atomic mass is 10.1. The Kier molecular flexibility index (Phi) is 2.39. The number of aryl methyl sites for hydroxylation is 1. The fourth-order valence-electron chi connectivity index (χ4n) is 3.28. The Balaban J connectivity index is 2.02. The molecule has 0 aliphatic rings. The van der Waals surface area contributed by atoms with Gasteiger partial charge in [0.05, 0.1) is 5.52 Å². The third-order valence-electron chi connectivity index (χ3n) is 4.32. The first-order chi connectivity index (χ1) is 11.3. The van der Waals surface area contributed by atoms with Gasteiger partial charge in [-0.3, -0.25) is 9.67 Å². The molecule has 0 saturated carbocycles. The molecule has 4 nitrogen and oxygen atoms in total. The summed E-state index contributed by atoms with van der Waals surface area (Å²) >= 11 is 0. The molecule has 23 heavy (non-hydrogen) atoms. The van der Waals surface area contributed by atoms with Crippen molar-refractivity contribution in [3.8, 4) is 5.82 Å². The van der Waals surface area contributed by atoms with Crippen molar-refractivity contribution < 1.29 is 0 Å². The highest BCUT2D eigenvalue weighted by atomic mass is 15.2. The maximum atomic E-state index is 4.60. The summed E-state index contributed by atoms with van der Waals surface area (Å²) in [5.41, 5.74) is 3.10. The second-order valence-electron chi connectivity index (χ2n) is 5.84. The number of aromatic amines is 1. The fraction of sp³-hybridized carbons (Fsp3) is 0.0526. The quantitative estimate of drug-likeness (QED) is 0.499. The predicted octanol–water partition coefficient (Wildman–Crippen LogP) is 4.36. The number of pyridine rings is 1. The highest BCUT2D eigenvalue weighted by Gasteiger charge is 2.15. The molecule has 0 bridgehead atoms. The van der Waals surface area contributed by atoms with Crippen molar-refractivity contribution >= 4 is 32.7 Å². The SMILES string of the molecule is Cc1cc(-n2c3cc4ccccc4cc3c3cccnc32)n[nH]1. The second kappa shape index (κ2) is 4.43. The van der Waals surface area contributed by atoms with Gasteiger partial charge in [0.2, 0.25) is 0 Å². The molecule has 3 aromatic heterocycles. The van der Waals surface area contributed by atoms with E-state index in [1.165, 1.54) is 16.2 Å². The van der Waals surface area contributed by atoms with E-state index < -0.39 is 0 Å². The summed E-state index contributed by atoms with van der Waals surface area (Å²) in [6, 6.07) is 19.0. The maximum absolute atomic E-state index is 4.60. The van der Waals surface area contributed by atoms with Crippen LogP contribution in [-0.4, -0.2) is 19.7 Å². The van der Waals surface area contributed by atoms with Crippen LogP contribution in [0.3, 0.4) is 0 Å². The summed E-state index contributed by atoms with van der Waals surface area (Å²) in [5, 5.41) is 12.3. The van der Waals surface area contributed by atoms with Gasteiger partial charge in [-0.25, -0.2) is 4.98 Å². The van der Waals surface area contributed by atoms with Crippen LogP contribution in [0, 0.1) is 6.92 Å². The van der Waals surface area contributed by atoms with Gasteiger partial charge in [0, 0.05) is 28.7 Å². The van der Waals surface area contributed by atoms with Gasteiger partial charge in [-0.05, 0) is 42.0 Å². The van der Waals surface area contributed by atoms with Crippen LogP contribution in [-0.2, 0) is 0 Å². The highest BCUT2D eigenvalue weighted by Crippen LogP contribution is 2.33. The van der Waals surface area contributed by atoms with Gasteiger partial charge >= 0.3 is 0 Å². The number of hydrogen-bond donors (Lipinski definition) is 1. The average Bonchev–Trinajstić information content (AvgIpc) is 3.14. The minimum atomic E-state index is 0.872. The van der Waals surface area contributed by atoms with Crippen molar-refractivity contribution in [2.75, 3.05) is 0 Å². The first kappa shape index (κ1) is 12.4. The van der Waals surface area contributed by atoms with E-state index in [9.17, 15) is 0 Å². The van der Waals surface area contributed by atoms with E-state index in [0.29, 0.717) is 0 Å². The third kappa shape index (κ3) is 1.72. The van der Waals surface area contributed by atoms with Gasteiger partial charge in [-0.2, -0.15) is 5.10 Å². The molecule has 0 fully saturated rings. The van der Waals surface area contributed by atoms with Crippen LogP contribution in [0.4, 0.5) is 0 Å². The average molecular weight is 298 g/mol. The summed E-state index contributed by atoms with van der Waals surface area (Å²) in [6.07, 6.45) is 1.83. The minimum Gasteiger partial charge on any atom is -0.281 e. The molecule has 0 aliphatic carbocycles. The lowest BCUT2D eigenvalue weighted by Crippen LogP contribution is -1.95. The summed E-state index contributed by atoms with van der Waals surface area (Å²) in [7, 11) is 0. The second-order valence-corrected chi connectivity index (χ2v) is 5.84. The Morgan fingerprint density at radius 2 is 1.74 bits per heavy atom. The fourth-order valence-corrected chi connectivity index (χ4v) is 3.28. The molecule has 5 rings (SSSR count). The van der Waals surface area contributed by atoms with Crippen molar-refractivity contribution in [3.05, 3.63) is 66.5 Å². The molecule has 2 aromatic carbocycles. The molecule has 0 spiro atoms. The number of benzene rings is 2. The Hall–Kier alpha value is -3.14. The zero-order valence-electron chi connectivity index (χ0n) is 12.6. The lowest BCUT2D eigenvalue weighted by molar-refractivity contribution is 0.983. The normalized spacial score (nSPS) is 11.7. The van der Waals surface area contributed by atoms with E-state index in [1.807, 2.05) is 25.3 Å². The maximum Gasteiger partial charge on any atom is 0.160 e. The molecular weight excluding hydrogens is 284 g/mol. The number of nitrogens with zero attached hydrogens (tertiary/aromatic N) is 3. The molecular formula is C19H14N4. The molecule has 5 aromatic rings. The zero-order chi connectivity index (χ0) is 15.4. The Labute approximate surface area is 132 Å². The van der Waals surface area contributed by atoms with Crippen molar-refractivity contribution in [1.82, 2.24) is 19.7 Å². The Bertz CT molecular complexity index is 1180. The van der Waals surface area contributed by atoms with Gasteiger partial charge in [0.25, 0.3) is 0 Å². The van der Waals surface area contributed by atoms with E-state index >= 15 is 0 Å². The van der Waals surface area contributed by atoms with Crippen LogP contribution in [0.1, 0.15) is 5.69 Å². The number of aromatic nitrogens is 4. The molecule has 0 unspecified atom stereocenters. The molecule has 0 radical (unpaired) electrons. The standard InChI is InChI=1S/C19H14N4/c1-12-9-18(22-21-12)23-17-11-14-6-3-2-5-13(14)10-16(17)15-7-4-8-20-19(15)23/h2-11H,1H3,(H,21,22). The molecule has 0 atom stereocenters. The number of H-pyrrole nitrogens is 1. The van der Waals surface area contributed by atoms with Crippen LogP contribution >= 0.6 is 0 Å². The van der Waals surface area contributed by atoms with Crippen molar-refractivity contribution in [1.29, 1.82) is 0 Å². The Morgan fingerprint density at radius 3 is 2.52 bits per heavy atom. The molecule has 0 saturated heterocycles. The first-order valence-electron chi connectivity index (χ1n) is 7.61. The number of rotatable bonds is 1. The molecule has 4 heteroatoms. The number of nitrogens with one attached hydrogen (secondary N) is 1. The van der Waals surface area contributed by atoms with E-state index in [-0.39, 0.29) is 0 Å². The molecule has 1 N–H and O–H groups in total. The van der Waals surface area contributed by atoms with E-state index in [1.54, 1.807) is 0 Å². The number of hydrogen-bond acceptors (Lipinski definition) is 2. The molecule has 0 amide bonds. The van der Waals surface area contributed by atoms with E-state index in [4.69, 9.17) is 0 Å². The zero-order valence-corrected chi connectivity index (χ0v) is 12.6. The van der Waals surface area contributed by atoms with Gasteiger partial charge in [0.15, 0.2) is 5.82 Å². The van der Waals surface area contributed by atoms with Crippen LogP contribution in [0.15, 0.2) is 60.8 Å². The largest absolute Gasteiger partial charge is 0.281 e. The molecule has 0 aliphatic heterocycles. The van der Waals surface area contributed by atoms with Crippen LogP contribution in [0.25, 0.3) is 38.5 Å². The lowest BCUT2D eigenvalue weighted by Gasteiger charge is -2.03. The minimum absolute atomic E-state index is 0.872. The third-order valence-corrected chi connectivity index (χ3v) is 4.32. The topological polar surface area (TPSA) is 46.5 Å². The van der Waals surface area contributed by atoms with Crippen LogP contribution in [0.5, 0.6) is 0 Å². The van der Waals surface area contributed by atoms with Crippen molar-refractivity contribution in [2.24, 2.45) is 0 Å². The summed E-state index contributed by atoms with van der Waals surface area (Å²) in [5.74, 6) is 0.872. The highest BCUT2D eigenvalue weighted by molar-refractivity contribution is 6.12. The summed E-state index contributed by atoms with van der Waals surface area (Å²) in [4.78, 5) is 4.60. The van der Waals surface area contributed by atoms with Gasteiger partial charge in [-0.1, -0.05) is 24.3 Å². The summed E-state index contributed by atoms with van der Waals surface area (Å²) in [6.45, 7) is 2.01. The van der Waals surface area contributed by atoms with Crippen molar-refractivity contribution in [3.63, 3.8) is 0 Å². The predicted molar refractivity (Wildman–Crippen MR) is 93.0 cm³/mol. The van der Waals surface area contributed by atoms with Gasteiger partial charge in [-0.15, -0.1) is 0 Å². The van der Waals surface area contributed by atoms with Crippen LogP contribution < -0.4 is 0 Å². The van der Waals surface area contributed by atoms with Gasteiger partial charge < -0.3 is 0 Å². The van der Waals surface area contributed by atoms with Crippen molar-refractivity contribution in [2.45, 2.75) is 6.92 Å². The molecule has 3 heterocycles. The number of fused-ring (bicyclic) bond motifs is 4. The van der Waals surface area contributed by atoms with E-state index in [0.717, 1.165) is 28.1 Å². The van der Waals surface area contributed by atoms with Crippen LogP contribution in [0.2, 0.25) is 0 Å². The monoisotopic (exact) mass is 298 g/mol. The van der Waals surface area contributed by atoms with Gasteiger partial charge in [0.1, 0.15) is 5.65 Å². The summed E-state index contributed by atoms with van der Waals surface area (Å²) < 4.78 is 2.13.